The predicted molar refractivity (Wildman–Crippen MR) is 159 cm³/mol. The van der Waals surface area contributed by atoms with Gasteiger partial charge in [0.2, 0.25) is 5.78 Å². The lowest BCUT2D eigenvalue weighted by Gasteiger charge is -2.08. The summed E-state index contributed by atoms with van der Waals surface area (Å²) in [4.78, 5) is 16.5. The second kappa shape index (κ2) is 13.9. The standard InChI is InChI=1S/C29H32FN5O3S/c1-6-10-22(38-14-9-7-8-11-19(2)30)13-12-20(3)35-29(31)23(18-32-35)28(36)26-15-21-16-27(37-4)25(34-39-5)17-24(21)33-26/h6-13,15-18,33-34H,2,14,31H2,1,3-5H3/b9-7-,10-6+,11-8-,20-12+,22-13+. The zero-order chi connectivity index (χ0) is 28.4. The number of fused-ring (bicyclic) bond motifs is 1. The number of benzene rings is 1. The number of nitrogens with zero attached hydrogens (tertiary/aromatic N) is 2. The number of carbonyl (C=O) groups is 1. The molecule has 0 saturated heterocycles. The molecule has 1 aromatic carbocycles. The van der Waals surface area contributed by atoms with Gasteiger partial charge in [0.25, 0.3) is 0 Å². The van der Waals surface area contributed by atoms with Crippen LogP contribution in [0.5, 0.6) is 5.75 Å². The van der Waals surface area contributed by atoms with Crippen molar-refractivity contribution in [1.82, 2.24) is 14.8 Å². The van der Waals surface area contributed by atoms with E-state index in [4.69, 9.17) is 15.2 Å². The van der Waals surface area contributed by atoms with Gasteiger partial charge in [-0.1, -0.05) is 36.8 Å². The Morgan fingerprint density at radius 2 is 2.08 bits per heavy atom. The third-order valence-electron chi connectivity index (χ3n) is 5.47. The van der Waals surface area contributed by atoms with E-state index in [2.05, 4.69) is 21.4 Å². The average Bonchev–Trinajstić information content (AvgIpc) is 3.51. The first kappa shape index (κ1) is 29.1. The predicted octanol–water partition coefficient (Wildman–Crippen LogP) is 6.81. The fourth-order valence-corrected chi connectivity index (χ4v) is 4.01. The Hall–Kier alpha value is -4.44. The number of anilines is 2. The summed E-state index contributed by atoms with van der Waals surface area (Å²) in [5.74, 6) is 0.713. The van der Waals surface area contributed by atoms with E-state index in [1.54, 1.807) is 43.6 Å². The van der Waals surface area contributed by atoms with Crippen LogP contribution in [0.15, 0.2) is 91.2 Å². The lowest BCUT2D eigenvalue weighted by Crippen LogP contribution is -2.07. The molecule has 0 unspecified atom stereocenters. The van der Waals surface area contributed by atoms with Crippen LogP contribution in [0.4, 0.5) is 15.9 Å². The molecule has 3 rings (SSSR count). The van der Waals surface area contributed by atoms with Gasteiger partial charge in [0, 0.05) is 22.9 Å². The first-order valence-electron chi connectivity index (χ1n) is 12.0. The topological polar surface area (TPSA) is 107 Å². The van der Waals surface area contributed by atoms with Gasteiger partial charge in [-0.25, -0.2) is 9.07 Å². The number of nitrogen functional groups attached to an aromatic ring is 1. The minimum absolute atomic E-state index is 0.223. The van der Waals surface area contributed by atoms with E-state index < -0.39 is 5.83 Å². The van der Waals surface area contributed by atoms with Gasteiger partial charge in [-0.05, 0) is 62.4 Å². The number of aromatic nitrogens is 3. The highest BCUT2D eigenvalue weighted by Gasteiger charge is 2.20. The van der Waals surface area contributed by atoms with E-state index >= 15 is 0 Å². The third-order valence-corrected chi connectivity index (χ3v) is 5.90. The van der Waals surface area contributed by atoms with Crippen molar-refractivity contribution in [3.05, 3.63) is 102 Å². The number of allylic oxidation sites excluding steroid dienone is 9. The van der Waals surface area contributed by atoms with Gasteiger partial charge in [-0.15, -0.1) is 0 Å². The molecule has 0 saturated carbocycles. The maximum atomic E-state index is 13.3. The van der Waals surface area contributed by atoms with E-state index in [0.29, 0.717) is 29.5 Å². The first-order valence-corrected chi connectivity index (χ1v) is 13.2. The molecular formula is C29H32FN5O3S. The number of hydrogen-bond donors (Lipinski definition) is 3. The van der Waals surface area contributed by atoms with Gasteiger partial charge < -0.3 is 24.9 Å². The van der Waals surface area contributed by atoms with Crippen LogP contribution in [0.2, 0.25) is 0 Å². The molecule has 0 fully saturated rings. The molecule has 8 nitrogen and oxygen atoms in total. The Labute approximate surface area is 231 Å². The molecule has 0 atom stereocenters. The molecule has 2 heterocycles. The monoisotopic (exact) mass is 549 g/mol. The zero-order valence-corrected chi connectivity index (χ0v) is 23.1. The van der Waals surface area contributed by atoms with Gasteiger partial charge >= 0.3 is 0 Å². The summed E-state index contributed by atoms with van der Waals surface area (Å²) < 4.78 is 28.5. The Kier molecular flexibility index (Phi) is 10.4. The van der Waals surface area contributed by atoms with Crippen molar-refractivity contribution >= 4 is 45.8 Å². The molecule has 10 heteroatoms. The van der Waals surface area contributed by atoms with Gasteiger partial charge in [0.15, 0.2) is 0 Å². The fraction of sp³-hybridized carbons (Fsp3) is 0.172. The summed E-state index contributed by atoms with van der Waals surface area (Å²) in [6.07, 6.45) is 16.8. The number of carbonyl (C=O) groups excluding carboxylic acids is 1. The molecule has 0 aliphatic heterocycles. The molecule has 0 aliphatic carbocycles. The van der Waals surface area contributed by atoms with Gasteiger partial charge in [-0.2, -0.15) is 5.10 Å². The molecule has 0 bridgehead atoms. The number of aromatic amines is 1. The molecule has 4 N–H and O–H groups in total. The molecule has 2 aromatic heterocycles. The number of ether oxygens (including phenoxy) is 2. The van der Waals surface area contributed by atoms with Crippen molar-refractivity contribution in [1.29, 1.82) is 0 Å². The summed E-state index contributed by atoms with van der Waals surface area (Å²) in [5.41, 5.74) is 9.29. The van der Waals surface area contributed by atoms with Crippen molar-refractivity contribution in [2.75, 3.05) is 30.4 Å². The Morgan fingerprint density at radius 3 is 2.77 bits per heavy atom. The van der Waals surface area contributed by atoms with Gasteiger partial charge in [-0.3, -0.25) is 4.79 Å². The van der Waals surface area contributed by atoms with E-state index in [1.807, 2.05) is 44.4 Å². The highest BCUT2D eigenvalue weighted by atomic mass is 32.2. The fourth-order valence-electron chi connectivity index (χ4n) is 3.63. The number of nitrogens with one attached hydrogen (secondary N) is 2. The van der Waals surface area contributed by atoms with Crippen LogP contribution in [-0.2, 0) is 4.74 Å². The van der Waals surface area contributed by atoms with Gasteiger partial charge in [0.05, 0.1) is 30.3 Å². The van der Waals surface area contributed by atoms with Crippen LogP contribution >= 0.6 is 11.9 Å². The van der Waals surface area contributed by atoms with E-state index in [1.165, 1.54) is 28.9 Å². The number of rotatable bonds is 13. The Balaban J connectivity index is 1.79. The summed E-state index contributed by atoms with van der Waals surface area (Å²) in [6.45, 7) is 7.15. The lowest BCUT2D eigenvalue weighted by molar-refractivity contribution is 0.103. The second-order valence-electron chi connectivity index (χ2n) is 8.24. The van der Waals surface area contributed by atoms with Crippen molar-refractivity contribution in [3.8, 4) is 5.75 Å². The van der Waals surface area contributed by atoms with Crippen LogP contribution in [0.1, 0.15) is 29.9 Å². The molecule has 39 heavy (non-hydrogen) atoms. The summed E-state index contributed by atoms with van der Waals surface area (Å²) >= 11 is 1.45. The van der Waals surface area contributed by atoms with E-state index in [0.717, 1.165) is 16.6 Å². The van der Waals surface area contributed by atoms with Crippen LogP contribution in [0.3, 0.4) is 0 Å². The number of ketones is 1. The maximum absolute atomic E-state index is 13.3. The van der Waals surface area contributed by atoms with Crippen LogP contribution in [0, 0.1) is 0 Å². The highest BCUT2D eigenvalue weighted by molar-refractivity contribution is 7.99. The largest absolute Gasteiger partial charge is 0.495 e. The van der Waals surface area contributed by atoms with Gasteiger partial charge in [0.1, 0.15) is 29.8 Å². The minimum atomic E-state index is -0.516. The summed E-state index contributed by atoms with van der Waals surface area (Å²) in [5, 5.41) is 5.16. The molecular weight excluding hydrogens is 517 g/mol. The lowest BCUT2D eigenvalue weighted by atomic mass is 10.1. The van der Waals surface area contributed by atoms with Crippen molar-refractivity contribution in [2.24, 2.45) is 0 Å². The normalized spacial score (nSPS) is 12.7. The van der Waals surface area contributed by atoms with Crippen LogP contribution in [-0.4, -0.2) is 40.5 Å². The Morgan fingerprint density at radius 1 is 1.28 bits per heavy atom. The van der Waals surface area contributed by atoms with E-state index in [-0.39, 0.29) is 17.2 Å². The molecule has 0 spiro atoms. The zero-order valence-electron chi connectivity index (χ0n) is 22.3. The number of hydrogen-bond acceptors (Lipinski definition) is 7. The molecule has 3 aromatic rings. The third kappa shape index (κ3) is 7.55. The first-order chi connectivity index (χ1) is 18.8. The van der Waals surface area contributed by atoms with Crippen molar-refractivity contribution < 1.29 is 18.7 Å². The Bertz CT molecular complexity index is 1490. The molecule has 0 amide bonds. The summed E-state index contributed by atoms with van der Waals surface area (Å²) in [6, 6.07) is 5.53. The minimum Gasteiger partial charge on any atom is -0.495 e. The van der Waals surface area contributed by atoms with Crippen LogP contribution in [0.25, 0.3) is 16.6 Å². The molecule has 204 valence electrons. The van der Waals surface area contributed by atoms with E-state index in [9.17, 15) is 9.18 Å². The average molecular weight is 550 g/mol. The number of methoxy groups -OCH3 is 1. The highest BCUT2D eigenvalue weighted by Crippen LogP contribution is 2.32. The number of H-pyrrole nitrogens is 1. The number of nitrogens with two attached hydrogens (primary N) is 1. The maximum Gasteiger partial charge on any atom is 0.214 e. The summed E-state index contributed by atoms with van der Waals surface area (Å²) in [7, 11) is 1.60. The molecule has 0 radical (unpaired) electrons. The van der Waals surface area contributed by atoms with Crippen molar-refractivity contribution in [2.45, 2.75) is 13.8 Å². The van der Waals surface area contributed by atoms with Crippen molar-refractivity contribution in [3.63, 3.8) is 0 Å². The van der Waals surface area contributed by atoms with Crippen LogP contribution < -0.4 is 15.2 Å². The number of halogens is 1. The SMILES string of the molecule is C=C(F)/C=C\C=C/COC(/C=C/C)=C/C=C(\C)n1ncc(C(=O)c2cc3cc(OC)c(NSC)cc3[nH]2)c1N. The quantitative estimate of drug-likeness (QED) is 0.0930. The second-order valence-corrected chi connectivity index (χ2v) is 8.85. The smallest absolute Gasteiger partial charge is 0.214 e. The molecule has 0 aliphatic rings.